The maximum atomic E-state index is 9.04. The number of rotatable bonds is 4. The van der Waals surface area contributed by atoms with Crippen LogP contribution in [0, 0.1) is 5.92 Å². The second kappa shape index (κ2) is 6.38. The highest BCUT2D eigenvalue weighted by Gasteiger charge is 2.17. The van der Waals surface area contributed by atoms with Crippen molar-refractivity contribution in [3.8, 4) is 0 Å². The molecule has 1 aliphatic heterocycles. The van der Waals surface area contributed by atoms with Crippen molar-refractivity contribution >= 4 is 0 Å². The van der Waals surface area contributed by atoms with E-state index in [1.807, 2.05) is 0 Å². The largest absolute Gasteiger partial charge is 0.396 e. The third-order valence-corrected chi connectivity index (χ3v) is 3.22. The van der Waals surface area contributed by atoms with Gasteiger partial charge < -0.3 is 15.7 Å². The lowest BCUT2D eigenvalue weighted by molar-refractivity contribution is 0.199. The van der Waals surface area contributed by atoms with Gasteiger partial charge in [-0.25, -0.2) is 0 Å². The number of nitrogens with one attached hydrogen (secondary N) is 2. The van der Waals surface area contributed by atoms with Gasteiger partial charge in [-0.3, -0.25) is 0 Å². The first-order valence-electron chi connectivity index (χ1n) is 5.81. The van der Waals surface area contributed by atoms with E-state index in [4.69, 9.17) is 5.11 Å². The van der Waals surface area contributed by atoms with Crippen LogP contribution in [0.2, 0.25) is 0 Å². The Morgan fingerprint density at radius 2 is 2.14 bits per heavy atom. The molecule has 1 heterocycles. The highest BCUT2D eigenvalue weighted by Crippen LogP contribution is 2.09. The molecule has 3 atom stereocenters. The number of hydrogen-bond donors (Lipinski definition) is 3. The van der Waals surface area contributed by atoms with Crippen LogP contribution < -0.4 is 10.6 Å². The molecule has 0 aromatic carbocycles. The van der Waals surface area contributed by atoms with E-state index in [2.05, 4.69) is 24.5 Å². The summed E-state index contributed by atoms with van der Waals surface area (Å²) in [4.78, 5) is 0. The van der Waals surface area contributed by atoms with Crippen molar-refractivity contribution in [1.29, 1.82) is 0 Å². The molecule has 3 N–H and O–H groups in total. The Morgan fingerprint density at radius 1 is 1.36 bits per heavy atom. The first-order chi connectivity index (χ1) is 6.74. The van der Waals surface area contributed by atoms with E-state index in [1.54, 1.807) is 0 Å². The fraction of sp³-hybridized carbons (Fsp3) is 1.00. The zero-order valence-corrected chi connectivity index (χ0v) is 9.42. The number of aliphatic hydroxyl groups is 1. The Kier molecular flexibility index (Phi) is 5.45. The van der Waals surface area contributed by atoms with Crippen LogP contribution in [-0.2, 0) is 0 Å². The molecule has 0 amide bonds. The number of aliphatic hydroxyl groups excluding tert-OH is 1. The Bertz CT molecular complexity index is 144. The summed E-state index contributed by atoms with van der Waals surface area (Å²) in [6.45, 7) is 6.81. The van der Waals surface area contributed by atoms with Gasteiger partial charge in [0.15, 0.2) is 0 Å². The summed E-state index contributed by atoms with van der Waals surface area (Å²) in [5, 5.41) is 16.1. The Balaban J connectivity index is 2.26. The van der Waals surface area contributed by atoms with Gasteiger partial charge in [0, 0.05) is 18.7 Å². The maximum absolute atomic E-state index is 9.04. The minimum Gasteiger partial charge on any atom is -0.396 e. The van der Waals surface area contributed by atoms with E-state index >= 15 is 0 Å². The molecular formula is C11H24N2O. The van der Waals surface area contributed by atoms with Gasteiger partial charge in [0.1, 0.15) is 0 Å². The quantitative estimate of drug-likeness (QED) is 0.627. The summed E-state index contributed by atoms with van der Waals surface area (Å²) in [6, 6.07) is 1.05. The molecule has 0 saturated carbocycles. The van der Waals surface area contributed by atoms with Gasteiger partial charge in [0.05, 0.1) is 0 Å². The topological polar surface area (TPSA) is 44.3 Å². The summed E-state index contributed by atoms with van der Waals surface area (Å²) in [5.74, 6) is 0.353. The van der Waals surface area contributed by atoms with Gasteiger partial charge in [0.2, 0.25) is 0 Å². The van der Waals surface area contributed by atoms with Crippen molar-refractivity contribution in [3.63, 3.8) is 0 Å². The molecule has 0 bridgehead atoms. The Morgan fingerprint density at radius 3 is 2.86 bits per heavy atom. The van der Waals surface area contributed by atoms with Crippen LogP contribution in [0.25, 0.3) is 0 Å². The van der Waals surface area contributed by atoms with Gasteiger partial charge in [-0.2, -0.15) is 0 Å². The zero-order chi connectivity index (χ0) is 10.4. The number of hydrogen-bond acceptors (Lipinski definition) is 3. The summed E-state index contributed by atoms with van der Waals surface area (Å²) in [5.41, 5.74) is 0. The minimum atomic E-state index is 0.277. The van der Waals surface area contributed by atoms with Crippen molar-refractivity contribution in [1.82, 2.24) is 10.6 Å². The molecule has 84 valence electrons. The molecule has 14 heavy (non-hydrogen) atoms. The Labute approximate surface area is 87.3 Å². The second-order valence-corrected chi connectivity index (χ2v) is 4.49. The van der Waals surface area contributed by atoms with Crippen LogP contribution >= 0.6 is 0 Å². The van der Waals surface area contributed by atoms with Crippen molar-refractivity contribution in [2.75, 3.05) is 19.7 Å². The van der Waals surface area contributed by atoms with E-state index < -0.39 is 0 Å². The molecule has 1 fully saturated rings. The summed E-state index contributed by atoms with van der Waals surface area (Å²) in [6.07, 6.45) is 3.73. The molecule has 0 spiro atoms. The fourth-order valence-electron chi connectivity index (χ4n) is 1.88. The smallest absolute Gasteiger partial charge is 0.0471 e. The molecule has 1 rings (SSSR count). The van der Waals surface area contributed by atoms with E-state index in [1.165, 1.54) is 19.3 Å². The van der Waals surface area contributed by atoms with E-state index in [9.17, 15) is 0 Å². The lowest BCUT2D eigenvalue weighted by atomic mass is 10.0. The molecule has 0 aromatic rings. The molecule has 0 radical (unpaired) electrons. The maximum Gasteiger partial charge on any atom is 0.0471 e. The van der Waals surface area contributed by atoms with Crippen molar-refractivity contribution in [2.24, 2.45) is 5.92 Å². The SMILES string of the molecule is CC(CO)C(C)NC1CCCNCC1. The third-order valence-electron chi connectivity index (χ3n) is 3.22. The normalized spacial score (nSPS) is 28.1. The summed E-state index contributed by atoms with van der Waals surface area (Å²) < 4.78 is 0. The van der Waals surface area contributed by atoms with Crippen LogP contribution in [0.15, 0.2) is 0 Å². The average molecular weight is 200 g/mol. The van der Waals surface area contributed by atoms with Crippen LogP contribution in [0.4, 0.5) is 0 Å². The van der Waals surface area contributed by atoms with Gasteiger partial charge in [0.25, 0.3) is 0 Å². The van der Waals surface area contributed by atoms with Crippen molar-refractivity contribution in [3.05, 3.63) is 0 Å². The summed E-state index contributed by atoms with van der Waals surface area (Å²) in [7, 11) is 0. The van der Waals surface area contributed by atoms with Crippen molar-refractivity contribution in [2.45, 2.75) is 45.2 Å². The van der Waals surface area contributed by atoms with Gasteiger partial charge in [-0.05, 0) is 45.2 Å². The molecular weight excluding hydrogens is 176 g/mol. The molecule has 3 unspecified atom stereocenters. The molecule has 1 aliphatic rings. The predicted octanol–water partition coefficient (Wildman–Crippen LogP) is 0.735. The predicted molar refractivity (Wildman–Crippen MR) is 59.4 cm³/mol. The first-order valence-corrected chi connectivity index (χ1v) is 5.81. The van der Waals surface area contributed by atoms with Crippen LogP contribution in [-0.4, -0.2) is 36.9 Å². The first kappa shape index (κ1) is 12.0. The van der Waals surface area contributed by atoms with E-state index in [0.717, 1.165) is 13.1 Å². The van der Waals surface area contributed by atoms with Crippen LogP contribution in [0.3, 0.4) is 0 Å². The lowest BCUT2D eigenvalue weighted by Gasteiger charge is -2.25. The molecule has 3 nitrogen and oxygen atoms in total. The zero-order valence-electron chi connectivity index (χ0n) is 9.42. The fourth-order valence-corrected chi connectivity index (χ4v) is 1.88. The van der Waals surface area contributed by atoms with Crippen molar-refractivity contribution < 1.29 is 5.11 Å². The van der Waals surface area contributed by atoms with Gasteiger partial charge in [-0.15, -0.1) is 0 Å². The highest BCUT2D eigenvalue weighted by molar-refractivity contribution is 4.77. The molecule has 1 saturated heterocycles. The van der Waals surface area contributed by atoms with E-state index in [-0.39, 0.29) is 6.61 Å². The van der Waals surface area contributed by atoms with Gasteiger partial charge in [-0.1, -0.05) is 6.92 Å². The highest BCUT2D eigenvalue weighted by atomic mass is 16.3. The standard InChI is InChI=1S/C11H24N2O/c1-9(8-14)10(2)13-11-4-3-6-12-7-5-11/h9-14H,3-8H2,1-2H3. The van der Waals surface area contributed by atoms with Crippen LogP contribution in [0.5, 0.6) is 0 Å². The molecule has 0 aromatic heterocycles. The molecule has 0 aliphatic carbocycles. The lowest BCUT2D eigenvalue weighted by Crippen LogP contribution is -2.41. The molecule has 3 heteroatoms. The minimum absolute atomic E-state index is 0.277. The van der Waals surface area contributed by atoms with Crippen LogP contribution in [0.1, 0.15) is 33.1 Å². The summed E-state index contributed by atoms with van der Waals surface area (Å²) >= 11 is 0. The second-order valence-electron chi connectivity index (χ2n) is 4.49. The average Bonchev–Trinajstić information content (AvgIpc) is 2.45. The monoisotopic (exact) mass is 200 g/mol. The van der Waals surface area contributed by atoms with Gasteiger partial charge >= 0.3 is 0 Å². The third kappa shape index (κ3) is 3.95. The van der Waals surface area contributed by atoms with E-state index in [0.29, 0.717) is 18.0 Å². The Hall–Kier alpha value is -0.120.